The zero-order valence-electron chi connectivity index (χ0n) is 14.6. The smallest absolute Gasteiger partial charge is 0.262 e. The van der Waals surface area contributed by atoms with Crippen LogP contribution >= 0.6 is 11.3 Å². The molecule has 1 aromatic carbocycles. The lowest BCUT2D eigenvalue weighted by molar-refractivity contribution is 0.0970. The Morgan fingerprint density at radius 2 is 1.92 bits per heavy atom. The molecule has 3 aromatic rings. The fraction of sp³-hybridized carbons (Fsp3) is 0.381. The first-order valence-corrected chi connectivity index (χ1v) is 10.2. The molecule has 0 N–H and O–H groups in total. The zero-order valence-corrected chi connectivity index (χ0v) is 15.4. The first-order chi connectivity index (χ1) is 12.7. The number of rotatable bonds is 3. The summed E-state index contributed by atoms with van der Waals surface area (Å²) in [5, 5.41) is 0.739. The van der Waals surface area contributed by atoms with Crippen molar-refractivity contribution < 1.29 is 4.79 Å². The van der Waals surface area contributed by atoms with Gasteiger partial charge in [0.15, 0.2) is 5.78 Å². The number of thiophene rings is 1. The first kappa shape index (κ1) is 15.9. The maximum Gasteiger partial charge on any atom is 0.262 e. The molecular formula is C21H20N2O2S. The number of aromatic nitrogens is 2. The first-order valence-electron chi connectivity index (χ1n) is 9.35. The van der Waals surface area contributed by atoms with Crippen LogP contribution < -0.4 is 5.56 Å². The van der Waals surface area contributed by atoms with E-state index in [1.54, 1.807) is 11.3 Å². The predicted molar refractivity (Wildman–Crippen MR) is 103 cm³/mol. The van der Waals surface area contributed by atoms with E-state index in [2.05, 4.69) is 11.1 Å². The molecule has 0 fully saturated rings. The van der Waals surface area contributed by atoms with E-state index in [1.807, 2.05) is 12.1 Å². The number of Topliss-reactive ketones (excluding diaryl/α,β-unsaturated/α-hetero) is 1. The summed E-state index contributed by atoms with van der Waals surface area (Å²) in [5.74, 6) is -0.0199. The maximum atomic E-state index is 12.9. The van der Waals surface area contributed by atoms with E-state index in [1.165, 1.54) is 39.7 Å². The number of aryl methyl sites for hydroxylation is 4. The molecular weight excluding hydrogens is 344 g/mol. The largest absolute Gasteiger partial charge is 0.292 e. The van der Waals surface area contributed by atoms with Crippen molar-refractivity contribution in [3.05, 3.63) is 62.0 Å². The maximum absolute atomic E-state index is 12.9. The summed E-state index contributed by atoms with van der Waals surface area (Å²) in [6.45, 7) is 0.0607. The topological polar surface area (TPSA) is 52.0 Å². The second kappa shape index (κ2) is 6.16. The number of carbonyl (C=O) groups excluding carboxylic acids is 1. The van der Waals surface area contributed by atoms with E-state index in [-0.39, 0.29) is 17.9 Å². The van der Waals surface area contributed by atoms with Crippen LogP contribution in [-0.4, -0.2) is 15.3 Å². The Labute approximate surface area is 155 Å². The number of ketones is 1. The van der Waals surface area contributed by atoms with Gasteiger partial charge in [-0.05, 0) is 67.7 Å². The molecule has 5 heteroatoms. The number of hydrogen-bond acceptors (Lipinski definition) is 4. The average Bonchev–Trinajstić information content (AvgIpc) is 3.24. The lowest BCUT2D eigenvalue weighted by Crippen LogP contribution is -2.25. The Kier molecular flexibility index (Phi) is 3.78. The quantitative estimate of drug-likeness (QED) is 0.666. The van der Waals surface area contributed by atoms with Gasteiger partial charge in [0, 0.05) is 10.4 Å². The van der Waals surface area contributed by atoms with Crippen molar-refractivity contribution >= 4 is 27.3 Å². The van der Waals surface area contributed by atoms with Crippen LogP contribution in [0.15, 0.2) is 29.3 Å². The van der Waals surface area contributed by atoms with Gasteiger partial charge in [0.05, 0.1) is 18.3 Å². The minimum absolute atomic E-state index is 0.0199. The summed E-state index contributed by atoms with van der Waals surface area (Å²) >= 11 is 1.63. The summed E-state index contributed by atoms with van der Waals surface area (Å²) in [5.41, 5.74) is 4.45. The molecule has 0 bridgehead atoms. The van der Waals surface area contributed by atoms with E-state index in [0.717, 1.165) is 47.9 Å². The molecule has 0 amide bonds. The SMILES string of the molecule is O=C(Cn1cnc2sc3c(c2c1=O)CCC3)c1ccc2c(c1)CCCC2. The molecule has 132 valence electrons. The van der Waals surface area contributed by atoms with Crippen molar-refractivity contribution in [1.29, 1.82) is 0 Å². The molecule has 0 saturated carbocycles. The van der Waals surface area contributed by atoms with Crippen LogP contribution in [0.25, 0.3) is 10.2 Å². The van der Waals surface area contributed by atoms with Gasteiger partial charge < -0.3 is 0 Å². The highest BCUT2D eigenvalue weighted by atomic mass is 32.1. The summed E-state index contributed by atoms with van der Waals surface area (Å²) in [6.07, 6.45) is 9.21. The monoisotopic (exact) mass is 364 g/mol. The predicted octanol–water partition coefficient (Wildman–Crippen LogP) is 3.71. The van der Waals surface area contributed by atoms with Gasteiger partial charge in [0.1, 0.15) is 4.83 Å². The molecule has 2 aliphatic rings. The van der Waals surface area contributed by atoms with Crippen molar-refractivity contribution in [2.75, 3.05) is 0 Å². The van der Waals surface area contributed by atoms with Crippen molar-refractivity contribution in [1.82, 2.24) is 9.55 Å². The number of hydrogen-bond donors (Lipinski definition) is 0. The Hall–Kier alpha value is -2.27. The molecule has 2 aromatic heterocycles. The molecule has 2 heterocycles. The summed E-state index contributed by atoms with van der Waals surface area (Å²) in [6, 6.07) is 6.01. The van der Waals surface area contributed by atoms with Gasteiger partial charge in [-0.2, -0.15) is 0 Å². The normalized spacial score (nSPS) is 15.8. The number of nitrogens with zero attached hydrogens (tertiary/aromatic N) is 2. The highest BCUT2D eigenvalue weighted by Crippen LogP contribution is 2.34. The number of fused-ring (bicyclic) bond motifs is 4. The second-order valence-corrected chi connectivity index (χ2v) is 8.41. The van der Waals surface area contributed by atoms with E-state index in [9.17, 15) is 9.59 Å². The van der Waals surface area contributed by atoms with Crippen LogP contribution in [0.2, 0.25) is 0 Å². The lowest BCUT2D eigenvalue weighted by Gasteiger charge is -2.16. The Morgan fingerprint density at radius 3 is 2.81 bits per heavy atom. The van der Waals surface area contributed by atoms with E-state index in [4.69, 9.17) is 0 Å². The summed E-state index contributed by atoms with van der Waals surface area (Å²) in [7, 11) is 0. The fourth-order valence-corrected chi connectivity index (χ4v) is 5.50. The van der Waals surface area contributed by atoms with E-state index >= 15 is 0 Å². The highest BCUT2D eigenvalue weighted by molar-refractivity contribution is 7.18. The molecule has 0 atom stereocenters. The average molecular weight is 364 g/mol. The molecule has 0 aliphatic heterocycles. The number of carbonyl (C=O) groups is 1. The molecule has 4 nitrogen and oxygen atoms in total. The van der Waals surface area contributed by atoms with Gasteiger partial charge in [-0.25, -0.2) is 4.98 Å². The lowest BCUT2D eigenvalue weighted by atomic mass is 9.90. The van der Waals surface area contributed by atoms with Gasteiger partial charge in [0.25, 0.3) is 5.56 Å². The van der Waals surface area contributed by atoms with Crippen LogP contribution in [0.4, 0.5) is 0 Å². The third-order valence-corrected chi connectivity index (χ3v) is 6.88. The molecule has 0 radical (unpaired) electrons. The van der Waals surface area contributed by atoms with Gasteiger partial charge in [-0.15, -0.1) is 11.3 Å². The molecule has 0 spiro atoms. The van der Waals surface area contributed by atoms with Crippen molar-refractivity contribution in [2.45, 2.75) is 51.5 Å². The van der Waals surface area contributed by atoms with Gasteiger partial charge >= 0.3 is 0 Å². The Balaban J connectivity index is 1.48. The van der Waals surface area contributed by atoms with Crippen LogP contribution in [0, 0.1) is 0 Å². The van der Waals surface area contributed by atoms with Crippen LogP contribution in [0.3, 0.4) is 0 Å². The van der Waals surface area contributed by atoms with Crippen molar-refractivity contribution in [3.63, 3.8) is 0 Å². The Bertz CT molecular complexity index is 1090. The van der Waals surface area contributed by atoms with Crippen LogP contribution in [0.1, 0.15) is 51.2 Å². The zero-order chi connectivity index (χ0) is 17.7. The second-order valence-electron chi connectivity index (χ2n) is 7.33. The molecule has 0 saturated heterocycles. The summed E-state index contributed by atoms with van der Waals surface area (Å²) < 4.78 is 1.48. The third kappa shape index (κ3) is 2.53. The molecule has 0 unspecified atom stereocenters. The van der Waals surface area contributed by atoms with Crippen LogP contribution in [-0.2, 0) is 32.2 Å². The van der Waals surface area contributed by atoms with Gasteiger partial charge in [0.2, 0.25) is 0 Å². The fourth-order valence-electron chi connectivity index (χ4n) is 4.29. The third-order valence-electron chi connectivity index (χ3n) is 5.68. The Morgan fingerprint density at radius 1 is 1.08 bits per heavy atom. The van der Waals surface area contributed by atoms with Gasteiger partial charge in [-0.1, -0.05) is 12.1 Å². The minimum atomic E-state index is -0.0688. The molecule has 5 rings (SSSR count). The highest BCUT2D eigenvalue weighted by Gasteiger charge is 2.22. The van der Waals surface area contributed by atoms with E-state index in [0.29, 0.717) is 5.56 Å². The van der Waals surface area contributed by atoms with Crippen molar-refractivity contribution in [3.8, 4) is 0 Å². The van der Waals surface area contributed by atoms with Crippen molar-refractivity contribution in [2.24, 2.45) is 0 Å². The summed E-state index contributed by atoms with van der Waals surface area (Å²) in [4.78, 5) is 32.3. The van der Waals surface area contributed by atoms with E-state index < -0.39 is 0 Å². The number of benzene rings is 1. The molecule has 26 heavy (non-hydrogen) atoms. The van der Waals surface area contributed by atoms with Crippen LogP contribution in [0.5, 0.6) is 0 Å². The standard InChI is InChI=1S/C21H20N2O2S/c24-17(15-9-8-13-4-1-2-5-14(13)10-15)11-23-12-22-20-19(21(23)25)16-6-3-7-18(16)26-20/h8-10,12H,1-7,11H2. The molecule has 2 aliphatic carbocycles. The minimum Gasteiger partial charge on any atom is -0.292 e. The van der Waals surface area contributed by atoms with Gasteiger partial charge in [-0.3, -0.25) is 14.2 Å².